The monoisotopic (exact) mass is 465 g/mol. The molecule has 0 aliphatic carbocycles. The van der Waals surface area contributed by atoms with Crippen molar-refractivity contribution in [3.05, 3.63) is 105 Å². The first-order valence-corrected chi connectivity index (χ1v) is 10.3. The molecular formula is C25H17Cl2NO4. The van der Waals surface area contributed by atoms with Gasteiger partial charge in [-0.25, -0.2) is 4.79 Å². The summed E-state index contributed by atoms with van der Waals surface area (Å²) in [5, 5.41) is 9.89. The molecule has 0 saturated heterocycles. The number of carboxylic acid groups (broad SMARTS) is 1. The number of methoxy groups -OCH3 is 1. The molecule has 160 valence electrons. The number of carbonyl (C=O) groups excluding carboxylic acids is 1. The normalized spacial score (nSPS) is 14.6. The lowest BCUT2D eigenvalue weighted by atomic mass is 10.1. The molecule has 0 aromatic heterocycles. The molecule has 0 radical (unpaired) electrons. The average molecular weight is 466 g/mol. The number of halogens is 2. The van der Waals surface area contributed by atoms with Crippen LogP contribution in [0.4, 0.5) is 5.69 Å². The number of rotatable bonds is 5. The van der Waals surface area contributed by atoms with E-state index >= 15 is 0 Å². The molecule has 0 atom stereocenters. The quantitative estimate of drug-likeness (QED) is 0.457. The van der Waals surface area contributed by atoms with Gasteiger partial charge in [0.05, 0.1) is 29.1 Å². The van der Waals surface area contributed by atoms with Gasteiger partial charge >= 0.3 is 5.97 Å². The molecule has 1 aliphatic heterocycles. The maximum atomic E-state index is 13.4. The maximum absolute atomic E-state index is 13.4. The largest absolute Gasteiger partial charge is 0.497 e. The van der Waals surface area contributed by atoms with Crippen molar-refractivity contribution in [1.82, 2.24) is 0 Å². The number of amides is 1. The van der Waals surface area contributed by atoms with Gasteiger partial charge in [0.25, 0.3) is 5.91 Å². The van der Waals surface area contributed by atoms with Crippen LogP contribution in [0.25, 0.3) is 11.8 Å². The smallest absolute Gasteiger partial charge is 0.337 e. The molecular weight excluding hydrogens is 449 g/mol. The second-order valence-corrected chi connectivity index (χ2v) is 7.86. The van der Waals surface area contributed by atoms with Crippen LogP contribution in [0.3, 0.4) is 0 Å². The summed E-state index contributed by atoms with van der Waals surface area (Å²) in [7, 11) is 1.59. The van der Waals surface area contributed by atoms with E-state index in [1.807, 2.05) is 36.4 Å². The van der Waals surface area contributed by atoms with Crippen molar-refractivity contribution in [2.45, 2.75) is 0 Å². The third kappa shape index (κ3) is 4.26. The van der Waals surface area contributed by atoms with Gasteiger partial charge in [0.15, 0.2) is 0 Å². The van der Waals surface area contributed by atoms with E-state index in [0.29, 0.717) is 22.0 Å². The van der Waals surface area contributed by atoms with Crippen molar-refractivity contribution in [3.63, 3.8) is 0 Å². The molecule has 0 bridgehead atoms. The van der Waals surface area contributed by atoms with Crippen LogP contribution in [0, 0.1) is 0 Å². The molecule has 1 amide bonds. The highest BCUT2D eigenvalue weighted by Crippen LogP contribution is 2.37. The molecule has 0 fully saturated rings. The van der Waals surface area contributed by atoms with Crippen molar-refractivity contribution < 1.29 is 19.4 Å². The molecule has 3 aromatic rings. The lowest BCUT2D eigenvalue weighted by molar-refractivity contribution is -0.113. The fourth-order valence-electron chi connectivity index (χ4n) is 3.40. The van der Waals surface area contributed by atoms with E-state index in [1.165, 1.54) is 17.0 Å². The molecule has 32 heavy (non-hydrogen) atoms. The van der Waals surface area contributed by atoms with Crippen molar-refractivity contribution in [1.29, 1.82) is 0 Å². The van der Waals surface area contributed by atoms with Crippen LogP contribution in [0.5, 0.6) is 5.75 Å². The fraction of sp³-hybridized carbons (Fsp3) is 0.0400. The van der Waals surface area contributed by atoms with E-state index in [0.717, 1.165) is 16.9 Å². The Bertz CT molecular complexity index is 1260. The van der Waals surface area contributed by atoms with Crippen molar-refractivity contribution in [3.8, 4) is 5.75 Å². The van der Waals surface area contributed by atoms with E-state index in [4.69, 9.17) is 27.9 Å². The Balaban J connectivity index is 1.80. The molecule has 1 N–H and O–H groups in total. The minimum atomic E-state index is -1.14. The highest BCUT2D eigenvalue weighted by molar-refractivity contribution is 6.34. The van der Waals surface area contributed by atoms with Gasteiger partial charge < -0.3 is 9.84 Å². The summed E-state index contributed by atoms with van der Waals surface area (Å²) in [4.78, 5) is 26.3. The summed E-state index contributed by atoms with van der Waals surface area (Å²) >= 11 is 12.2. The average Bonchev–Trinajstić information content (AvgIpc) is 3.10. The fourth-order valence-corrected chi connectivity index (χ4v) is 3.78. The molecule has 7 heteroatoms. The minimum Gasteiger partial charge on any atom is -0.497 e. The third-order valence-corrected chi connectivity index (χ3v) is 5.57. The van der Waals surface area contributed by atoms with Gasteiger partial charge in [-0.15, -0.1) is 0 Å². The van der Waals surface area contributed by atoms with Crippen LogP contribution in [0.1, 0.15) is 21.5 Å². The van der Waals surface area contributed by atoms with Crippen LogP contribution >= 0.6 is 23.2 Å². The van der Waals surface area contributed by atoms with E-state index in [-0.39, 0.29) is 16.5 Å². The summed E-state index contributed by atoms with van der Waals surface area (Å²) in [5.74, 6) is -0.676. The first kappa shape index (κ1) is 21.7. The number of hydrogen-bond donors (Lipinski definition) is 1. The summed E-state index contributed by atoms with van der Waals surface area (Å²) in [5.41, 5.74) is 3.14. The second-order valence-electron chi connectivity index (χ2n) is 7.02. The third-order valence-electron chi connectivity index (χ3n) is 5.00. The zero-order valence-electron chi connectivity index (χ0n) is 16.9. The highest BCUT2D eigenvalue weighted by Gasteiger charge is 2.31. The summed E-state index contributed by atoms with van der Waals surface area (Å²) in [6, 6.07) is 18.9. The van der Waals surface area contributed by atoms with Crippen LogP contribution in [0.2, 0.25) is 10.0 Å². The number of nitrogens with zero attached hydrogens (tertiary/aromatic N) is 1. The summed E-state index contributed by atoms with van der Waals surface area (Å²) in [6.45, 7) is 0. The van der Waals surface area contributed by atoms with Gasteiger partial charge in [-0.2, -0.15) is 0 Å². The molecule has 0 saturated carbocycles. The molecule has 0 unspecified atom stereocenters. The topological polar surface area (TPSA) is 66.8 Å². The van der Waals surface area contributed by atoms with Gasteiger partial charge in [-0.3, -0.25) is 9.69 Å². The number of aromatic carboxylic acids is 1. The van der Waals surface area contributed by atoms with Crippen molar-refractivity contribution in [2.75, 3.05) is 12.0 Å². The Morgan fingerprint density at radius 3 is 2.28 bits per heavy atom. The number of benzene rings is 3. The maximum Gasteiger partial charge on any atom is 0.337 e. The zero-order chi connectivity index (χ0) is 22.8. The Hall–Kier alpha value is -3.54. The second kappa shape index (κ2) is 8.91. The predicted octanol–water partition coefficient (Wildman–Crippen LogP) is 6.17. The number of ether oxygens (including phenoxy) is 1. The Morgan fingerprint density at radius 2 is 1.69 bits per heavy atom. The van der Waals surface area contributed by atoms with E-state index in [9.17, 15) is 14.7 Å². The van der Waals surface area contributed by atoms with Gasteiger partial charge in [0.2, 0.25) is 0 Å². The SMILES string of the molecule is COc1ccc(/C=C2/C=C(c3ccc(Cl)cc3)N(c3ccc(C(=O)O)c(Cl)c3)C2=O)cc1. The number of carbonyl (C=O) groups is 2. The Morgan fingerprint density at radius 1 is 1.00 bits per heavy atom. The van der Waals surface area contributed by atoms with E-state index in [1.54, 1.807) is 37.5 Å². The first-order chi connectivity index (χ1) is 15.4. The van der Waals surface area contributed by atoms with Crippen molar-refractivity contribution >= 4 is 52.5 Å². The lowest BCUT2D eigenvalue weighted by Gasteiger charge is -2.21. The molecule has 5 nitrogen and oxygen atoms in total. The van der Waals surface area contributed by atoms with Crippen molar-refractivity contribution in [2.24, 2.45) is 0 Å². The summed E-state index contributed by atoms with van der Waals surface area (Å²) in [6.07, 6.45) is 3.57. The van der Waals surface area contributed by atoms with E-state index in [2.05, 4.69) is 0 Å². The first-order valence-electron chi connectivity index (χ1n) is 9.58. The standard InChI is InChI=1S/C25H17Cl2NO4/c1-32-20-9-2-15(3-10-20)12-17-13-23(16-4-6-18(26)7-5-16)28(24(17)29)19-8-11-21(25(30)31)22(27)14-19/h2-14H,1H3,(H,30,31)/b17-12-. The lowest BCUT2D eigenvalue weighted by Crippen LogP contribution is -2.25. The highest BCUT2D eigenvalue weighted by atomic mass is 35.5. The number of hydrogen-bond acceptors (Lipinski definition) is 3. The van der Waals surface area contributed by atoms with Crippen LogP contribution in [0.15, 0.2) is 78.4 Å². The van der Waals surface area contributed by atoms with Crippen LogP contribution in [-0.2, 0) is 4.79 Å². The van der Waals surface area contributed by atoms with Gasteiger partial charge in [0, 0.05) is 10.6 Å². The van der Waals surface area contributed by atoms with Crippen LogP contribution in [-0.4, -0.2) is 24.1 Å². The summed E-state index contributed by atoms with van der Waals surface area (Å²) < 4.78 is 5.18. The van der Waals surface area contributed by atoms with E-state index < -0.39 is 5.97 Å². The van der Waals surface area contributed by atoms with Gasteiger partial charge in [-0.1, -0.05) is 47.5 Å². The minimum absolute atomic E-state index is 0.0342. The zero-order valence-corrected chi connectivity index (χ0v) is 18.4. The molecule has 4 rings (SSSR count). The predicted molar refractivity (Wildman–Crippen MR) is 126 cm³/mol. The van der Waals surface area contributed by atoms with Gasteiger partial charge in [0.1, 0.15) is 5.75 Å². The number of carboxylic acids is 1. The molecule has 1 heterocycles. The van der Waals surface area contributed by atoms with Crippen LogP contribution < -0.4 is 9.64 Å². The Labute approximate surface area is 194 Å². The molecule has 1 aliphatic rings. The van der Waals surface area contributed by atoms with Gasteiger partial charge in [-0.05, 0) is 65.7 Å². The molecule has 3 aromatic carbocycles. The molecule has 0 spiro atoms. The number of anilines is 1. The Kier molecular flexibility index (Phi) is 6.04.